The summed E-state index contributed by atoms with van der Waals surface area (Å²) in [5.74, 6) is -0.630. The first kappa shape index (κ1) is 26.7. The number of nitrogens with one attached hydrogen (secondary N) is 1. The fourth-order valence-corrected chi connectivity index (χ4v) is 5.51. The third-order valence-electron chi connectivity index (χ3n) is 6.62. The van der Waals surface area contributed by atoms with Crippen LogP contribution in [-0.2, 0) is 32.6 Å². The number of anilines is 1. The van der Waals surface area contributed by atoms with Gasteiger partial charge in [0.25, 0.3) is 0 Å². The summed E-state index contributed by atoms with van der Waals surface area (Å²) in [6.45, 7) is 5.47. The van der Waals surface area contributed by atoms with Crippen molar-refractivity contribution in [3.63, 3.8) is 0 Å². The summed E-state index contributed by atoms with van der Waals surface area (Å²) in [6.07, 6.45) is 5.80. The number of nitrogens with zero attached hydrogens (tertiary/aromatic N) is 2. The largest absolute Gasteiger partial charge is 0.352 e. The first-order chi connectivity index (χ1) is 16.6. The number of carbonyl (C=O) groups excluding carboxylic acids is 2. The highest BCUT2D eigenvalue weighted by atomic mass is 32.2. The Bertz CT molecular complexity index is 1140. The van der Waals surface area contributed by atoms with Crippen LogP contribution in [0.4, 0.5) is 5.69 Å². The van der Waals surface area contributed by atoms with Crippen LogP contribution in [0.15, 0.2) is 48.5 Å². The van der Waals surface area contributed by atoms with Crippen molar-refractivity contribution in [2.45, 2.75) is 71.5 Å². The van der Waals surface area contributed by atoms with Crippen molar-refractivity contribution in [1.29, 1.82) is 0 Å². The SMILES string of the molecule is CCc1ccccc1N(CC(=O)N(Cc1cccc(C)c1)[C@@H](C)C(=O)NC1CCCC1)S(C)(=O)=O. The van der Waals surface area contributed by atoms with E-state index in [2.05, 4.69) is 5.32 Å². The molecule has 1 atom stereocenters. The van der Waals surface area contributed by atoms with Crippen molar-refractivity contribution < 1.29 is 18.0 Å². The summed E-state index contributed by atoms with van der Waals surface area (Å²) < 4.78 is 26.7. The molecule has 0 aliphatic heterocycles. The summed E-state index contributed by atoms with van der Waals surface area (Å²) >= 11 is 0. The normalized spacial score (nSPS) is 15.0. The van der Waals surface area contributed by atoms with Gasteiger partial charge >= 0.3 is 0 Å². The number of hydrogen-bond donors (Lipinski definition) is 1. The predicted octanol–water partition coefficient (Wildman–Crippen LogP) is 3.80. The summed E-state index contributed by atoms with van der Waals surface area (Å²) in [5, 5.41) is 3.08. The Morgan fingerprint density at radius 2 is 1.77 bits per heavy atom. The molecule has 2 amide bonds. The first-order valence-electron chi connectivity index (χ1n) is 12.3. The molecule has 3 rings (SSSR count). The quantitative estimate of drug-likeness (QED) is 0.539. The molecule has 1 N–H and O–H groups in total. The molecule has 35 heavy (non-hydrogen) atoms. The molecule has 0 radical (unpaired) electrons. The van der Waals surface area contributed by atoms with Crippen molar-refractivity contribution in [3.8, 4) is 0 Å². The fraction of sp³-hybridized carbons (Fsp3) is 0.481. The number of hydrogen-bond acceptors (Lipinski definition) is 4. The minimum Gasteiger partial charge on any atom is -0.352 e. The summed E-state index contributed by atoms with van der Waals surface area (Å²) in [7, 11) is -3.74. The molecule has 190 valence electrons. The third kappa shape index (κ3) is 7.07. The van der Waals surface area contributed by atoms with Crippen LogP contribution in [0.5, 0.6) is 0 Å². The zero-order valence-corrected chi connectivity index (χ0v) is 22.0. The van der Waals surface area contributed by atoms with E-state index in [1.165, 1.54) is 4.90 Å². The number of benzene rings is 2. The second-order valence-corrected chi connectivity index (χ2v) is 11.3. The number of aryl methyl sites for hydroxylation is 2. The lowest BCUT2D eigenvalue weighted by Crippen LogP contribution is -2.52. The minimum absolute atomic E-state index is 0.129. The molecular formula is C27H37N3O4S. The van der Waals surface area contributed by atoms with E-state index in [4.69, 9.17) is 0 Å². The third-order valence-corrected chi connectivity index (χ3v) is 7.75. The van der Waals surface area contributed by atoms with E-state index in [1.807, 2.05) is 50.2 Å². The van der Waals surface area contributed by atoms with Crippen LogP contribution < -0.4 is 9.62 Å². The molecule has 1 saturated carbocycles. The second-order valence-electron chi connectivity index (χ2n) is 9.43. The van der Waals surface area contributed by atoms with E-state index in [0.29, 0.717) is 12.1 Å². The van der Waals surface area contributed by atoms with Crippen molar-refractivity contribution in [2.24, 2.45) is 0 Å². The Balaban J connectivity index is 1.90. The maximum atomic E-state index is 13.7. The molecule has 1 aliphatic rings. The lowest BCUT2D eigenvalue weighted by molar-refractivity contribution is -0.139. The summed E-state index contributed by atoms with van der Waals surface area (Å²) in [6, 6.07) is 14.3. The smallest absolute Gasteiger partial charge is 0.244 e. The molecule has 1 fully saturated rings. The van der Waals surface area contributed by atoms with Crippen molar-refractivity contribution in [3.05, 3.63) is 65.2 Å². The average Bonchev–Trinajstić information content (AvgIpc) is 3.32. The highest BCUT2D eigenvalue weighted by Crippen LogP contribution is 2.24. The van der Waals surface area contributed by atoms with Gasteiger partial charge in [-0.2, -0.15) is 0 Å². The molecule has 8 heteroatoms. The van der Waals surface area contributed by atoms with Crippen LogP contribution in [0.1, 0.15) is 56.2 Å². The van der Waals surface area contributed by atoms with Crippen LogP contribution in [-0.4, -0.2) is 50.0 Å². The van der Waals surface area contributed by atoms with Gasteiger partial charge in [0.1, 0.15) is 12.6 Å². The number of rotatable bonds is 10. The molecule has 7 nitrogen and oxygen atoms in total. The summed E-state index contributed by atoms with van der Waals surface area (Å²) in [5.41, 5.74) is 3.26. The van der Waals surface area contributed by atoms with Gasteiger partial charge in [0.05, 0.1) is 11.9 Å². The predicted molar refractivity (Wildman–Crippen MR) is 140 cm³/mol. The van der Waals surface area contributed by atoms with Gasteiger partial charge < -0.3 is 10.2 Å². The Morgan fingerprint density at radius 1 is 1.09 bits per heavy atom. The van der Waals surface area contributed by atoms with Crippen molar-refractivity contribution in [2.75, 3.05) is 17.1 Å². The highest BCUT2D eigenvalue weighted by molar-refractivity contribution is 7.92. The number of amides is 2. The van der Waals surface area contributed by atoms with Crippen LogP contribution in [0.25, 0.3) is 0 Å². The first-order valence-corrected chi connectivity index (χ1v) is 14.2. The van der Waals surface area contributed by atoms with Gasteiger partial charge in [0, 0.05) is 12.6 Å². The fourth-order valence-electron chi connectivity index (χ4n) is 4.63. The van der Waals surface area contributed by atoms with E-state index in [1.54, 1.807) is 19.1 Å². The molecule has 2 aromatic rings. The Kier molecular flexibility index (Phi) is 8.94. The molecule has 0 heterocycles. The molecule has 0 aromatic heterocycles. The zero-order valence-electron chi connectivity index (χ0n) is 21.2. The monoisotopic (exact) mass is 499 g/mol. The van der Waals surface area contributed by atoms with Crippen LogP contribution in [0.2, 0.25) is 0 Å². The average molecular weight is 500 g/mol. The van der Waals surface area contributed by atoms with Crippen molar-refractivity contribution in [1.82, 2.24) is 10.2 Å². The lowest BCUT2D eigenvalue weighted by atomic mass is 10.1. The van der Waals surface area contributed by atoms with E-state index in [-0.39, 0.29) is 25.0 Å². The zero-order chi connectivity index (χ0) is 25.6. The summed E-state index contributed by atoms with van der Waals surface area (Å²) in [4.78, 5) is 28.3. The van der Waals surface area contributed by atoms with Gasteiger partial charge in [-0.05, 0) is 50.3 Å². The molecule has 2 aromatic carbocycles. The number of sulfonamides is 1. The molecular weight excluding hydrogens is 462 g/mol. The van der Waals surface area contributed by atoms with E-state index in [9.17, 15) is 18.0 Å². The highest BCUT2D eigenvalue weighted by Gasteiger charge is 2.31. The number of carbonyl (C=O) groups is 2. The van der Waals surface area contributed by atoms with Crippen LogP contribution in [0.3, 0.4) is 0 Å². The van der Waals surface area contributed by atoms with Gasteiger partial charge in [-0.25, -0.2) is 8.42 Å². The van der Waals surface area contributed by atoms with Crippen LogP contribution >= 0.6 is 0 Å². The molecule has 0 bridgehead atoms. The van der Waals surface area contributed by atoms with E-state index >= 15 is 0 Å². The van der Waals surface area contributed by atoms with Gasteiger partial charge in [-0.3, -0.25) is 13.9 Å². The van der Waals surface area contributed by atoms with Gasteiger partial charge in [0.15, 0.2) is 0 Å². The molecule has 0 saturated heterocycles. The Labute approximate surface area is 209 Å². The standard InChI is InChI=1S/C27H37N3O4S/c1-5-23-13-6-9-16-25(23)30(35(4,33)34)19-26(31)29(18-22-12-10-11-20(2)17-22)21(3)27(32)28-24-14-7-8-15-24/h6,9-13,16-17,21,24H,5,7-8,14-15,18-19H2,1-4H3,(H,28,32)/t21-/m0/s1. The van der Waals surface area contributed by atoms with Crippen molar-refractivity contribution >= 4 is 27.5 Å². The topological polar surface area (TPSA) is 86.8 Å². The molecule has 0 spiro atoms. The van der Waals surface area contributed by atoms with Gasteiger partial charge in [0.2, 0.25) is 21.8 Å². The molecule has 1 aliphatic carbocycles. The minimum atomic E-state index is -3.74. The lowest BCUT2D eigenvalue weighted by Gasteiger charge is -2.32. The van der Waals surface area contributed by atoms with Gasteiger partial charge in [-0.1, -0.05) is 67.8 Å². The van der Waals surface area contributed by atoms with Crippen LogP contribution in [0, 0.1) is 6.92 Å². The second kappa shape index (κ2) is 11.7. The van der Waals surface area contributed by atoms with E-state index < -0.39 is 22.0 Å². The Morgan fingerprint density at radius 3 is 2.40 bits per heavy atom. The number of para-hydroxylation sites is 1. The maximum Gasteiger partial charge on any atom is 0.244 e. The Hall–Kier alpha value is -2.87. The molecule has 0 unspecified atom stereocenters. The van der Waals surface area contributed by atoms with Gasteiger partial charge in [-0.15, -0.1) is 0 Å². The maximum absolute atomic E-state index is 13.7. The van der Waals surface area contributed by atoms with E-state index in [0.717, 1.165) is 52.9 Å².